The van der Waals surface area contributed by atoms with Crippen LogP contribution in [0.25, 0.3) is 0 Å². The highest BCUT2D eigenvalue weighted by Gasteiger charge is 2.07. The van der Waals surface area contributed by atoms with Gasteiger partial charge < -0.3 is 5.73 Å². The highest BCUT2D eigenvalue weighted by atomic mass is 15.1. The third-order valence-electron chi connectivity index (χ3n) is 1.90. The van der Waals surface area contributed by atoms with Gasteiger partial charge in [-0.25, -0.2) is 0 Å². The van der Waals surface area contributed by atoms with Gasteiger partial charge in [0, 0.05) is 32.6 Å². The van der Waals surface area contributed by atoms with Gasteiger partial charge in [0.1, 0.15) is 0 Å². The Bertz CT molecular complexity index is 203. The summed E-state index contributed by atoms with van der Waals surface area (Å²) in [4.78, 5) is 2.24. The smallest absolute Gasteiger partial charge is 0.0635 e. The van der Waals surface area contributed by atoms with Gasteiger partial charge in [0.25, 0.3) is 0 Å². The van der Waals surface area contributed by atoms with Crippen molar-refractivity contribution in [2.24, 2.45) is 11.7 Å². The van der Waals surface area contributed by atoms with Crippen molar-refractivity contribution in [3.8, 4) is 6.07 Å². The molecule has 0 spiro atoms. The van der Waals surface area contributed by atoms with Crippen LogP contribution in [-0.4, -0.2) is 31.1 Å². The second kappa shape index (κ2) is 7.54. The van der Waals surface area contributed by atoms with Gasteiger partial charge in [0.05, 0.1) is 6.07 Å². The van der Waals surface area contributed by atoms with Gasteiger partial charge in [-0.15, -0.1) is 0 Å². The lowest BCUT2D eigenvalue weighted by molar-refractivity contribution is 0.268. The van der Waals surface area contributed by atoms with Gasteiger partial charge in [-0.05, 0) is 11.5 Å². The van der Waals surface area contributed by atoms with Crippen LogP contribution in [-0.2, 0) is 0 Å². The Balaban J connectivity index is 3.97. The summed E-state index contributed by atoms with van der Waals surface area (Å²) >= 11 is 0. The molecule has 0 saturated heterocycles. The molecule has 0 aliphatic rings. The van der Waals surface area contributed by atoms with E-state index < -0.39 is 0 Å². The second-order valence-corrected chi connectivity index (χ2v) is 3.99. The standard InChI is InChI=1S/C11H21N3/c1-10(2)8-14(6-4-5-12)9-11(3)7-13/h10H,3-4,6-9,13H2,1-2H3. The summed E-state index contributed by atoms with van der Waals surface area (Å²) in [5.41, 5.74) is 6.52. The van der Waals surface area contributed by atoms with E-state index in [1.807, 2.05) is 0 Å². The van der Waals surface area contributed by atoms with Crippen LogP contribution < -0.4 is 5.73 Å². The van der Waals surface area contributed by atoms with Gasteiger partial charge in [-0.1, -0.05) is 20.4 Å². The van der Waals surface area contributed by atoms with E-state index in [1.54, 1.807) is 0 Å². The molecule has 80 valence electrons. The monoisotopic (exact) mass is 195 g/mol. The van der Waals surface area contributed by atoms with Crippen LogP contribution in [0.4, 0.5) is 0 Å². The Labute approximate surface area is 87.2 Å². The molecule has 0 heterocycles. The van der Waals surface area contributed by atoms with Crippen LogP contribution >= 0.6 is 0 Å². The van der Waals surface area contributed by atoms with Gasteiger partial charge in [-0.2, -0.15) is 5.26 Å². The molecular formula is C11H21N3. The number of nitriles is 1. The number of nitrogens with two attached hydrogens (primary N) is 1. The number of rotatable bonds is 7. The van der Waals surface area contributed by atoms with E-state index >= 15 is 0 Å². The van der Waals surface area contributed by atoms with Crippen molar-refractivity contribution in [3.05, 3.63) is 12.2 Å². The van der Waals surface area contributed by atoms with Crippen molar-refractivity contribution in [2.45, 2.75) is 20.3 Å². The summed E-state index contributed by atoms with van der Waals surface area (Å²) in [6, 6.07) is 2.16. The highest BCUT2D eigenvalue weighted by Crippen LogP contribution is 2.02. The molecule has 14 heavy (non-hydrogen) atoms. The van der Waals surface area contributed by atoms with E-state index in [0.29, 0.717) is 18.9 Å². The maximum Gasteiger partial charge on any atom is 0.0635 e. The summed E-state index contributed by atoms with van der Waals surface area (Å²) in [5, 5.41) is 8.52. The fourth-order valence-corrected chi connectivity index (χ4v) is 1.34. The fourth-order valence-electron chi connectivity index (χ4n) is 1.34. The first-order valence-corrected chi connectivity index (χ1v) is 5.06. The predicted octanol–water partition coefficient (Wildman–Crippen LogP) is 1.37. The third-order valence-corrected chi connectivity index (χ3v) is 1.90. The summed E-state index contributed by atoms with van der Waals surface area (Å²) < 4.78 is 0. The minimum Gasteiger partial charge on any atom is -0.327 e. The Morgan fingerprint density at radius 3 is 2.64 bits per heavy atom. The normalized spacial score (nSPS) is 10.6. The molecule has 0 bridgehead atoms. The van der Waals surface area contributed by atoms with Gasteiger partial charge in [-0.3, -0.25) is 4.90 Å². The largest absolute Gasteiger partial charge is 0.327 e. The summed E-state index contributed by atoms with van der Waals surface area (Å²) in [6.07, 6.45) is 0.574. The quantitative estimate of drug-likeness (QED) is 0.624. The first kappa shape index (κ1) is 13.2. The van der Waals surface area contributed by atoms with E-state index in [1.165, 1.54) is 0 Å². The summed E-state index contributed by atoms with van der Waals surface area (Å²) in [5.74, 6) is 0.610. The van der Waals surface area contributed by atoms with E-state index in [4.69, 9.17) is 11.0 Å². The number of hydrogen-bond donors (Lipinski definition) is 1. The van der Waals surface area contributed by atoms with Crippen LogP contribution in [0.3, 0.4) is 0 Å². The van der Waals surface area contributed by atoms with Crippen LogP contribution in [0.5, 0.6) is 0 Å². The molecule has 0 rings (SSSR count). The molecule has 0 aromatic carbocycles. The fraction of sp³-hybridized carbons (Fsp3) is 0.727. The average Bonchev–Trinajstić information content (AvgIpc) is 2.13. The third kappa shape index (κ3) is 6.64. The minimum absolute atomic E-state index is 0.529. The molecule has 0 aliphatic heterocycles. The molecule has 0 aromatic heterocycles. The predicted molar refractivity (Wildman–Crippen MR) is 59.7 cm³/mol. The molecule has 0 aliphatic carbocycles. The molecule has 0 unspecified atom stereocenters. The minimum atomic E-state index is 0.529. The van der Waals surface area contributed by atoms with Crippen molar-refractivity contribution in [3.63, 3.8) is 0 Å². The maximum atomic E-state index is 8.52. The number of hydrogen-bond acceptors (Lipinski definition) is 3. The second-order valence-electron chi connectivity index (χ2n) is 3.99. The molecule has 3 nitrogen and oxygen atoms in total. The Morgan fingerprint density at radius 2 is 2.21 bits per heavy atom. The van der Waals surface area contributed by atoms with E-state index in [9.17, 15) is 0 Å². The lowest BCUT2D eigenvalue weighted by atomic mass is 10.2. The first-order chi connectivity index (χ1) is 6.60. The summed E-state index contributed by atoms with van der Waals surface area (Å²) in [7, 11) is 0. The Hall–Kier alpha value is -0.850. The van der Waals surface area contributed by atoms with Crippen LogP contribution in [0.2, 0.25) is 0 Å². The zero-order valence-corrected chi connectivity index (χ0v) is 9.29. The Kier molecular flexibility index (Phi) is 7.09. The lowest BCUT2D eigenvalue weighted by Crippen LogP contribution is -2.32. The average molecular weight is 195 g/mol. The lowest BCUT2D eigenvalue weighted by Gasteiger charge is -2.23. The first-order valence-electron chi connectivity index (χ1n) is 5.06. The van der Waals surface area contributed by atoms with E-state index in [-0.39, 0.29) is 0 Å². The van der Waals surface area contributed by atoms with Gasteiger partial charge in [0.15, 0.2) is 0 Å². The number of nitrogens with zero attached hydrogens (tertiary/aromatic N) is 2. The zero-order chi connectivity index (χ0) is 11.0. The molecule has 0 fully saturated rings. The van der Waals surface area contributed by atoms with Gasteiger partial charge >= 0.3 is 0 Å². The molecule has 0 amide bonds. The topological polar surface area (TPSA) is 53.0 Å². The van der Waals surface area contributed by atoms with Crippen molar-refractivity contribution >= 4 is 0 Å². The van der Waals surface area contributed by atoms with Crippen molar-refractivity contribution in [2.75, 3.05) is 26.2 Å². The van der Waals surface area contributed by atoms with Crippen LogP contribution in [0.1, 0.15) is 20.3 Å². The molecule has 2 N–H and O–H groups in total. The highest BCUT2D eigenvalue weighted by molar-refractivity contribution is 4.99. The molecule has 0 aromatic rings. The van der Waals surface area contributed by atoms with E-state index in [0.717, 1.165) is 25.2 Å². The van der Waals surface area contributed by atoms with Crippen LogP contribution in [0.15, 0.2) is 12.2 Å². The SMILES string of the molecule is C=C(CN)CN(CCC#N)CC(C)C. The molecule has 0 atom stereocenters. The van der Waals surface area contributed by atoms with Crippen molar-refractivity contribution < 1.29 is 0 Å². The van der Waals surface area contributed by atoms with Crippen molar-refractivity contribution in [1.29, 1.82) is 5.26 Å². The molecule has 0 radical (unpaired) electrons. The van der Waals surface area contributed by atoms with E-state index in [2.05, 4.69) is 31.4 Å². The summed E-state index contributed by atoms with van der Waals surface area (Å²) in [6.45, 7) is 11.4. The Morgan fingerprint density at radius 1 is 1.57 bits per heavy atom. The molecular weight excluding hydrogens is 174 g/mol. The molecule has 0 saturated carbocycles. The van der Waals surface area contributed by atoms with Gasteiger partial charge in [0.2, 0.25) is 0 Å². The van der Waals surface area contributed by atoms with Crippen LogP contribution in [0, 0.1) is 17.2 Å². The van der Waals surface area contributed by atoms with Crippen molar-refractivity contribution in [1.82, 2.24) is 4.90 Å². The molecule has 3 heteroatoms. The maximum absolute atomic E-state index is 8.52. The zero-order valence-electron chi connectivity index (χ0n) is 9.29.